The summed E-state index contributed by atoms with van der Waals surface area (Å²) in [5.74, 6) is -2.81. The number of hydrogen-bond acceptors (Lipinski definition) is 4. The van der Waals surface area contributed by atoms with Crippen LogP contribution in [0.2, 0.25) is 0 Å². The van der Waals surface area contributed by atoms with Gasteiger partial charge in [0.25, 0.3) is 0 Å². The van der Waals surface area contributed by atoms with Gasteiger partial charge in [0.1, 0.15) is 5.56 Å². The van der Waals surface area contributed by atoms with Gasteiger partial charge in [-0.1, -0.05) is 44.2 Å². The molecule has 0 aliphatic heterocycles. The van der Waals surface area contributed by atoms with E-state index < -0.39 is 38.8 Å². The first-order valence-corrected chi connectivity index (χ1v) is 9.24. The summed E-state index contributed by atoms with van der Waals surface area (Å²) in [5, 5.41) is 9.52. The molecule has 0 aromatic heterocycles. The number of carbonyl (C=O) groups is 1. The first-order valence-electron chi connectivity index (χ1n) is 7.83. The topological polar surface area (TPSA) is 80.7 Å². The number of alkyl halides is 3. The molecule has 0 saturated carbocycles. The fourth-order valence-corrected chi connectivity index (χ4v) is 3.15. The van der Waals surface area contributed by atoms with Gasteiger partial charge in [-0.05, 0) is 35.6 Å². The molecule has 2 aromatic carbocycles. The van der Waals surface area contributed by atoms with E-state index in [2.05, 4.69) is 4.18 Å². The van der Waals surface area contributed by atoms with Crippen LogP contribution in [0, 0.1) is 6.92 Å². The van der Waals surface area contributed by atoms with Crippen molar-refractivity contribution in [2.24, 2.45) is 0 Å². The Bertz CT molecular complexity index is 965. The molecular formula is C18H17F3O5S. The highest BCUT2D eigenvalue weighted by Gasteiger charge is 2.49. The van der Waals surface area contributed by atoms with Gasteiger partial charge in [0.2, 0.25) is 0 Å². The third-order valence-electron chi connectivity index (χ3n) is 3.96. The second kappa shape index (κ2) is 7.22. The predicted octanol–water partition coefficient (Wildman–Crippen LogP) is 4.71. The van der Waals surface area contributed by atoms with Crippen LogP contribution in [0.3, 0.4) is 0 Å². The quantitative estimate of drug-likeness (QED) is 0.579. The van der Waals surface area contributed by atoms with Gasteiger partial charge in [0.05, 0.1) is 0 Å². The zero-order valence-electron chi connectivity index (χ0n) is 14.7. The Morgan fingerprint density at radius 2 is 1.70 bits per heavy atom. The number of halogens is 3. The molecule has 9 heteroatoms. The van der Waals surface area contributed by atoms with E-state index in [4.69, 9.17) is 0 Å². The van der Waals surface area contributed by atoms with Crippen LogP contribution >= 0.6 is 0 Å². The summed E-state index contributed by atoms with van der Waals surface area (Å²) >= 11 is 0. The zero-order valence-corrected chi connectivity index (χ0v) is 15.5. The van der Waals surface area contributed by atoms with Crippen molar-refractivity contribution in [3.8, 4) is 16.9 Å². The minimum atomic E-state index is -6.03. The lowest BCUT2D eigenvalue weighted by molar-refractivity contribution is -0.0500. The summed E-state index contributed by atoms with van der Waals surface area (Å²) in [6.07, 6.45) is 0. The predicted molar refractivity (Wildman–Crippen MR) is 93.3 cm³/mol. The fourth-order valence-electron chi connectivity index (χ4n) is 2.63. The molecule has 146 valence electrons. The maximum atomic E-state index is 12.8. The molecule has 0 heterocycles. The second-order valence-corrected chi connectivity index (χ2v) is 7.69. The number of carboxylic acid groups (broad SMARTS) is 1. The lowest BCUT2D eigenvalue weighted by atomic mass is 9.88. The van der Waals surface area contributed by atoms with E-state index in [1.165, 1.54) is 13.0 Å². The van der Waals surface area contributed by atoms with Crippen LogP contribution in [-0.2, 0) is 10.1 Å². The molecule has 1 N–H and O–H groups in total. The summed E-state index contributed by atoms with van der Waals surface area (Å²) in [7, 11) is -6.03. The van der Waals surface area contributed by atoms with Crippen LogP contribution in [-0.4, -0.2) is 25.0 Å². The second-order valence-electron chi connectivity index (χ2n) is 6.15. The molecule has 5 nitrogen and oxygen atoms in total. The summed E-state index contributed by atoms with van der Waals surface area (Å²) in [6, 6.07) is 10.0. The third kappa shape index (κ3) is 4.08. The minimum absolute atomic E-state index is 0.0178. The Hall–Kier alpha value is -2.55. The SMILES string of the molecule is Cc1c(-c2ccccc2)cc(C(C)C)c(C(=O)O)c1OS(=O)(=O)C(F)(F)F. The largest absolute Gasteiger partial charge is 0.534 e. The minimum Gasteiger partial charge on any atom is -0.478 e. The molecule has 2 rings (SSSR count). The molecular weight excluding hydrogens is 385 g/mol. The van der Waals surface area contributed by atoms with Gasteiger partial charge in [-0.15, -0.1) is 0 Å². The van der Waals surface area contributed by atoms with Crippen molar-refractivity contribution in [3.05, 3.63) is 53.1 Å². The van der Waals surface area contributed by atoms with Gasteiger partial charge < -0.3 is 9.29 Å². The van der Waals surface area contributed by atoms with Gasteiger partial charge in [-0.2, -0.15) is 21.6 Å². The molecule has 0 unspecified atom stereocenters. The number of rotatable bonds is 5. The maximum Gasteiger partial charge on any atom is 0.534 e. The van der Waals surface area contributed by atoms with Gasteiger partial charge in [0, 0.05) is 5.56 Å². The van der Waals surface area contributed by atoms with Gasteiger partial charge in [0.15, 0.2) is 5.75 Å². The molecule has 0 bridgehead atoms. The van der Waals surface area contributed by atoms with Crippen molar-refractivity contribution in [2.75, 3.05) is 0 Å². The smallest absolute Gasteiger partial charge is 0.478 e. The van der Waals surface area contributed by atoms with Gasteiger partial charge in [-0.3, -0.25) is 0 Å². The van der Waals surface area contributed by atoms with Crippen LogP contribution in [0.15, 0.2) is 36.4 Å². The molecule has 27 heavy (non-hydrogen) atoms. The molecule has 0 radical (unpaired) electrons. The normalized spacial score (nSPS) is 12.3. The number of benzene rings is 2. The van der Waals surface area contributed by atoms with Crippen molar-refractivity contribution < 1.29 is 35.7 Å². The maximum absolute atomic E-state index is 12.8. The van der Waals surface area contributed by atoms with Crippen LogP contribution < -0.4 is 4.18 Å². The Morgan fingerprint density at radius 3 is 2.15 bits per heavy atom. The standard InChI is InChI=1S/C18H17F3O5S/c1-10(2)13-9-14(12-7-5-4-6-8-12)11(3)16(15(13)17(22)23)26-27(24,25)18(19,20)21/h4-10H,1-3H3,(H,22,23). The van der Waals surface area contributed by atoms with E-state index in [1.807, 2.05) is 0 Å². The van der Waals surface area contributed by atoms with E-state index in [0.29, 0.717) is 11.1 Å². The monoisotopic (exact) mass is 402 g/mol. The van der Waals surface area contributed by atoms with Crippen LogP contribution in [0.25, 0.3) is 11.1 Å². The van der Waals surface area contributed by atoms with E-state index in [1.54, 1.807) is 44.2 Å². The van der Waals surface area contributed by atoms with E-state index in [-0.39, 0.29) is 11.1 Å². The Morgan fingerprint density at radius 1 is 1.15 bits per heavy atom. The summed E-state index contributed by atoms with van der Waals surface area (Å²) in [4.78, 5) is 11.7. The highest BCUT2D eigenvalue weighted by molar-refractivity contribution is 7.88. The fraction of sp³-hybridized carbons (Fsp3) is 0.278. The molecule has 0 aliphatic carbocycles. The molecule has 0 atom stereocenters. The van der Waals surface area contributed by atoms with Crippen LogP contribution in [0.5, 0.6) is 5.75 Å². The van der Waals surface area contributed by atoms with Crippen molar-refractivity contribution in [2.45, 2.75) is 32.2 Å². The Balaban J connectivity index is 2.87. The van der Waals surface area contributed by atoms with Crippen LogP contribution in [0.1, 0.15) is 41.3 Å². The average molecular weight is 402 g/mol. The molecule has 0 saturated heterocycles. The third-order valence-corrected chi connectivity index (χ3v) is 4.91. The summed E-state index contributed by atoms with van der Waals surface area (Å²) in [6.45, 7) is 4.61. The molecule has 0 fully saturated rings. The van der Waals surface area contributed by atoms with Gasteiger partial charge in [-0.25, -0.2) is 4.79 Å². The number of hydrogen-bond donors (Lipinski definition) is 1. The number of carboxylic acids is 1. The first kappa shape index (κ1) is 20.8. The Kier molecular flexibility index (Phi) is 5.55. The van der Waals surface area contributed by atoms with Crippen molar-refractivity contribution in [1.29, 1.82) is 0 Å². The van der Waals surface area contributed by atoms with Crippen molar-refractivity contribution in [3.63, 3.8) is 0 Å². The van der Waals surface area contributed by atoms with Gasteiger partial charge >= 0.3 is 21.6 Å². The highest BCUT2D eigenvalue weighted by atomic mass is 32.2. The van der Waals surface area contributed by atoms with E-state index >= 15 is 0 Å². The zero-order chi connectivity index (χ0) is 20.6. The number of aromatic carboxylic acids is 1. The highest BCUT2D eigenvalue weighted by Crippen LogP contribution is 2.40. The molecule has 0 amide bonds. The van der Waals surface area contributed by atoms with E-state index in [0.717, 1.165) is 0 Å². The summed E-state index contributed by atoms with van der Waals surface area (Å²) in [5.41, 5.74) is -5.17. The van der Waals surface area contributed by atoms with Crippen molar-refractivity contribution >= 4 is 16.1 Å². The average Bonchev–Trinajstić information content (AvgIpc) is 2.55. The summed E-state index contributed by atoms with van der Waals surface area (Å²) < 4.78 is 65.8. The first-order chi connectivity index (χ1) is 12.4. The lowest BCUT2D eigenvalue weighted by Crippen LogP contribution is -2.29. The van der Waals surface area contributed by atoms with E-state index in [9.17, 15) is 31.5 Å². The molecule has 0 spiro atoms. The molecule has 0 aliphatic rings. The van der Waals surface area contributed by atoms with Crippen LogP contribution in [0.4, 0.5) is 13.2 Å². The molecule has 2 aromatic rings. The lowest BCUT2D eigenvalue weighted by Gasteiger charge is -2.21. The van der Waals surface area contributed by atoms with Crippen molar-refractivity contribution in [1.82, 2.24) is 0 Å². The Labute approximate surface area is 154 Å².